The van der Waals surface area contributed by atoms with Crippen LogP contribution in [0.5, 0.6) is 0 Å². The van der Waals surface area contributed by atoms with Gasteiger partial charge in [-0.3, -0.25) is 0 Å². The van der Waals surface area contributed by atoms with Gasteiger partial charge in [-0.15, -0.1) is 0 Å². The van der Waals surface area contributed by atoms with Crippen molar-refractivity contribution in [1.82, 2.24) is 5.32 Å². The third kappa shape index (κ3) is 3.55. The summed E-state index contributed by atoms with van der Waals surface area (Å²) in [5.41, 5.74) is 0.0363. The quantitative estimate of drug-likeness (QED) is 0.866. The molecule has 0 spiro atoms. The first-order valence-corrected chi connectivity index (χ1v) is 7.38. The van der Waals surface area contributed by atoms with Crippen LogP contribution in [0.4, 0.5) is 8.78 Å². The minimum atomic E-state index is -1.04. The Morgan fingerprint density at radius 3 is 2.45 bits per heavy atom. The van der Waals surface area contributed by atoms with Gasteiger partial charge in [0.25, 0.3) is 0 Å². The van der Waals surface area contributed by atoms with Crippen molar-refractivity contribution < 1.29 is 13.9 Å². The molecule has 4 heteroatoms. The monoisotopic (exact) mass is 283 g/mol. The number of hydrogen-bond donors (Lipinski definition) is 2. The number of halogens is 2. The van der Waals surface area contributed by atoms with Gasteiger partial charge in [0.15, 0.2) is 0 Å². The normalized spacial score (nSPS) is 19.5. The van der Waals surface area contributed by atoms with Gasteiger partial charge in [0.2, 0.25) is 0 Å². The van der Waals surface area contributed by atoms with E-state index in [2.05, 4.69) is 5.32 Å². The molecule has 0 radical (unpaired) electrons. The molecule has 2 atom stereocenters. The van der Waals surface area contributed by atoms with Crippen molar-refractivity contribution in [2.45, 2.75) is 57.7 Å². The van der Waals surface area contributed by atoms with Gasteiger partial charge in [0.05, 0.1) is 6.10 Å². The van der Waals surface area contributed by atoms with E-state index in [0.717, 1.165) is 31.0 Å². The lowest BCUT2D eigenvalue weighted by Gasteiger charge is -2.31. The standard InChI is InChI=1S/C16H23F2NO/c1-10(2)15(19-12-5-3-4-6-12)16(20)13-9-11(17)7-8-14(13)18/h7-10,12,15-16,19-20H,3-6H2,1-2H3. The van der Waals surface area contributed by atoms with Crippen LogP contribution in [0, 0.1) is 17.6 Å². The molecule has 0 aromatic heterocycles. The van der Waals surface area contributed by atoms with E-state index in [1.807, 2.05) is 13.8 Å². The first-order chi connectivity index (χ1) is 9.49. The molecular formula is C16H23F2NO. The smallest absolute Gasteiger partial charge is 0.129 e. The van der Waals surface area contributed by atoms with E-state index in [4.69, 9.17) is 0 Å². The summed E-state index contributed by atoms with van der Waals surface area (Å²) in [6.45, 7) is 3.96. The summed E-state index contributed by atoms with van der Waals surface area (Å²) in [5.74, 6) is -0.949. The highest BCUT2D eigenvalue weighted by Crippen LogP contribution is 2.27. The predicted molar refractivity (Wildman–Crippen MR) is 75.3 cm³/mol. The summed E-state index contributed by atoms with van der Waals surface area (Å²) in [4.78, 5) is 0. The highest BCUT2D eigenvalue weighted by Gasteiger charge is 2.29. The molecule has 0 bridgehead atoms. The maximum Gasteiger partial charge on any atom is 0.129 e. The molecule has 0 aliphatic heterocycles. The maximum absolute atomic E-state index is 13.8. The van der Waals surface area contributed by atoms with Crippen molar-refractivity contribution in [3.63, 3.8) is 0 Å². The van der Waals surface area contributed by atoms with E-state index in [-0.39, 0.29) is 17.5 Å². The van der Waals surface area contributed by atoms with Crippen LogP contribution in [-0.2, 0) is 0 Å². The average molecular weight is 283 g/mol. The molecule has 1 aliphatic rings. The zero-order chi connectivity index (χ0) is 14.7. The Kier molecular flexibility index (Phi) is 5.11. The summed E-state index contributed by atoms with van der Waals surface area (Å²) in [6, 6.07) is 3.33. The molecule has 2 rings (SSSR count). The fourth-order valence-electron chi connectivity index (χ4n) is 2.95. The molecule has 1 saturated carbocycles. The Bertz CT molecular complexity index is 444. The zero-order valence-electron chi connectivity index (χ0n) is 12.1. The Balaban J connectivity index is 2.17. The van der Waals surface area contributed by atoms with Crippen LogP contribution in [0.3, 0.4) is 0 Å². The van der Waals surface area contributed by atoms with Crippen molar-refractivity contribution in [2.24, 2.45) is 5.92 Å². The van der Waals surface area contributed by atoms with Gasteiger partial charge in [0.1, 0.15) is 11.6 Å². The SMILES string of the molecule is CC(C)C(NC1CCCC1)C(O)c1cc(F)ccc1F. The lowest BCUT2D eigenvalue weighted by atomic mass is 9.92. The van der Waals surface area contributed by atoms with Crippen molar-refractivity contribution >= 4 is 0 Å². The summed E-state index contributed by atoms with van der Waals surface area (Å²) in [7, 11) is 0. The predicted octanol–water partition coefficient (Wildman–Crippen LogP) is 3.56. The minimum absolute atomic E-state index is 0.0363. The number of hydrogen-bond acceptors (Lipinski definition) is 2. The number of rotatable bonds is 5. The molecule has 112 valence electrons. The van der Waals surface area contributed by atoms with Gasteiger partial charge < -0.3 is 10.4 Å². The van der Waals surface area contributed by atoms with Crippen LogP contribution < -0.4 is 5.32 Å². The van der Waals surface area contributed by atoms with E-state index in [9.17, 15) is 13.9 Å². The van der Waals surface area contributed by atoms with E-state index in [1.165, 1.54) is 12.8 Å². The van der Waals surface area contributed by atoms with Gasteiger partial charge >= 0.3 is 0 Å². The van der Waals surface area contributed by atoms with Gasteiger partial charge in [-0.2, -0.15) is 0 Å². The highest BCUT2D eigenvalue weighted by molar-refractivity contribution is 5.22. The number of benzene rings is 1. The molecule has 1 fully saturated rings. The van der Waals surface area contributed by atoms with E-state index < -0.39 is 17.7 Å². The first-order valence-electron chi connectivity index (χ1n) is 7.38. The third-order valence-corrected chi connectivity index (χ3v) is 4.12. The van der Waals surface area contributed by atoms with Crippen LogP contribution >= 0.6 is 0 Å². The lowest BCUT2D eigenvalue weighted by molar-refractivity contribution is 0.0944. The molecule has 2 unspecified atom stereocenters. The number of nitrogens with one attached hydrogen (secondary N) is 1. The Labute approximate surface area is 119 Å². The van der Waals surface area contributed by atoms with Crippen molar-refractivity contribution in [1.29, 1.82) is 0 Å². The van der Waals surface area contributed by atoms with Crippen molar-refractivity contribution in [2.75, 3.05) is 0 Å². The Morgan fingerprint density at radius 2 is 1.85 bits per heavy atom. The molecule has 2 nitrogen and oxygen atoms in total. The van der Waals surface area contributed by atoms with E-state index >= 15 is 0 Å². The van der Waals surface area contributed by atoms with Gasteiger partial charge in [-0.25, -0.2) is 8.78 Å². The summed E-state index contributed by atoms with van der Waals surface area (Å²) >= 11 is 0. The van der Waals surface area contributed by atoms with Gasteiger partial charge in [0, 0.05) is 17.6 Å². The van der Waals surface area contributed by atoms with Crippen LogP contribution in [-0.4, -0.2) is 17.2 Å². The number of aliphatic hydroxyl groups excluding tert-OH is 1. The summed E-state index contributed by atoms with van der Waals surface area (Å²) in [5, 5.41) is 13.9. The maximum atomic E-state index is 13.8. The Morgan fingerprint density at radius 1 is 1.20 bits per heavy atom. The van der Waals surface area contributed by atoms with Gasteiger partial charge in [-0.1, -0.05) is 26.7 Å². The van der Waals surface area contributed by atoms with Gasteiger partial charge in [-0.05, 0) is 37.0 Å². The zero-order valence-corrected chi connectivity index (χ0v) is 12.1. The second-order valence-electron chi connectivity index (χ2n) is 6.03. The molecule has 0 amide bonds. The molecule has 1 aromatic carbocycles. The molecule has 0 heterocycles. The summed E-state index contributed by atoms with van der Waals surface area (Å²) in [6.07, 6.45) is 3.51. The molecule has 0 saturated heterocycles. The van der Waals surface area contributed by atoms with E-state index in [1.54, 1.807) is 0 Å². The molecule has 1 aromatic rings. The van der Waals surface area contributed by atoms with Crippen LogP contribution in [0.15, 0.2) is 18.2 Å². The van der Waals surface area contributed by atoms with Crippen LogP contribution in [0.25, 0.3) is 0 Å². The number of aliphatic hydroxyl groups is 1. The fraction of sp³-hybridized carbons (Fsp3) is 0.625. The largest absolute Gasteiger partial charge is 0.387 e. The average Bonchev–Trinajstić information content (AvgIpc) is 2.90. The molecular weight excluding hydrogens is 260 g/mol. The second-order valence-corrected chi connectivity index (χ2v) is 6.03. The molecule has 1 aliphatic carbocycles. The van der Waals surface area contributed by atoms with Crippen molar-refractivity contribution in [3.8, 4) is 0 Å². The van der Waals surface area contributed by atoms with Crippen LogP contribution in [0.1, 0.15) is 51.2 Å². The topological polar surface area (TPSA) is 32.3 Å². The lowest BCUT2D eigenvalue weighted by Crippen LogP contribution is -2.44. The third-order valence-electron chi connectivity index (χ3n) is 4.12. The van der Waals surface area contributed by atoms with Crippen molar-refractivity contribution in [3.05, 3.63) is 35.4 Å². The second kappa shape index (κ2) is 6.64. The fourth-order valence-corrected chi connectivity index (χ4v) is 2.95. The highest BCUT2D eigenvalue weighted by atomic mass is 19.1. The first kappa shape index (κ1) is 15.4. The minimum Gasteiger partial charge on any atom is -0.387 e. The Hall–Kier alpha value is -1.00. The van der Waals surface area contributed by atoms with E-state index in [0.29, 0.717) is 6.04 Å². The molecule has 2 N–H and O–H groups in total. The summed E-state index contributed by atoms with van der Waals surface area (Å²) < 4.78 is 27.1. The van der Waals surface area contributed by atoms with Crippen LogP contribution in [0.2, 0.25) is 0 Å². The molecule has 20 heavy (non-hydrogen) atoms.